The van der Waals surface area contributed by atoms with E-state index in [1.54, 1.807) is 7.11 Å². The van der Waals surface area contributed by atoms with Crippen LogP contribution in [0.15, 0.2) is 54.6 Å². The molecule has 5 nitrogen and oxygen atoms in total. The summed E-state index contributed by atoms with van der Waals surface area (Å²) in [4.78, 5) is 11.2. The van der Waals surface area contributed by atoms with Crippen molar-refractivity contribution < 1.29 is 4.74 Å². The van der Waals surface area contributed by atoms with Crippen LogP contribution in [0.5, 0.6) is 5.75 Å². The number of para-hydroxylation sites is 1. The third kappa shape index (κ3) is 4.58. The zero-order chi connectivity index (χ0) is 21.8. The van der Waals surface area contributed by atoms with Gasteiger partial charge in [0.15, 0.2) is 0 Å². The molecule has 1 aliphatic rings. The molecular formula is C27H32N4O. The molecule has 0 unspecified atom stereocenters. The number of rotatable bonds is 9. The standard InChI is InChI=1S/C27H32N4O/c1-32-22-10-8-9-20(18-22)17-21-19-25-26(23-11-2-3-12-24(23)30-25)27(29-21)28-13-4-5-14-31-15-6-7-16-31/h2-3,8-12,18-19,30H,4-7,13-17H2,1H3,(H,28,29). The first-order valence-electron chi connectivity index (χ1n) is 11.8. The van der Waals surface area contributed by atoms with Gasteiger partial charge in [-0.3, -0.25) is 0 Å². The number of ether oxygens (including phenoxy) is 1. The highest BCUT2D eigenvalue weighted by molar-refractivity contribution is 6.12. The molecule has 2 aromatic carbocycles. The van der Waals surface area contributed by atoms with Gasteiger partial charge in [0.05, 0.1) is 12.6 Å². The molecule has 0 spiro atoms. The third-order valence-corrected chi connectivity index (χ3v) is 6.45. The van der Waals surface area contributed by atoms with Gasteiger partial charge in [-0.05, 0) is 75.1 Å². The Labute approximate surface area is 189 Å². The van der Waals surface area contributed by atoms with Gasteiger partial charge in [0.2, 0.25) is 0 Å². The van der Waals surface area contributed by atoms with Crippen molar-refractivity contribution in [3.05, 3.63) is 65.9 Å². The monoisotopic (exact) mass is 428 g/mol. The van der Waals surface area contributed by atoms with E-state index >= 15 is 0 Å². The number of hydrogen-bond donors (Lipinski definition) is 2. The molecule has 1 fully saturated rings. The quantitative estimate of drug-likeness (QED) is 0.341. The van der Waals surface area contributed by atoms with Crippen LogP contribution in [0.1, 0.15) is 36.9 Å². The number of aromatic amines is 1. The highest BCUT2D eigenvalue weighted by atomic mass is 16.5. The van der Waals surface area contributed by atoms with Crippen molar-refractivity contribution in [1.82, 2.24) is 14.9 Å². The average molecular weight is 429 g/mol. The topological polar surface area (TPSA) is 53.2 Å². The first-order chi connectivity index (χ1) is 15.8. The maximum atomic E-state index is 5.40. The first kappa shape index (κ1) is 20.8. The molecule has 166 valence electrons. The van der Waals surface area contributed by atoms with E-state index in [-0.39, 0.29) is 0 Å². The van der Waals surface area contributed by atoms with E-state index in [9.17, 15) is 0 Å². The van der Waals surface area contributed by atoms with Crippen molar-refractivity contribution in [2.45, 2.75) is 32.1 Å². The zero-order valence-corrected chi connectivity index (χ0v) is 18.9. The van der Waals surface area contributed by atoms with Crippen LogP contribution in [0.25, 0.3) is 21.8 Å². The number of nitrogens with one attached hydrogen (secondary N) is 2. The fourth-order valence-corrected chi connectivity index (χ4v) is 4.81. The number of fused-ring (bicyclic) bond motifs is 3. The number of benzene rings is 2. The van der Waals surface area contributed by atoms with Crippen LogP contribution in [0, 0.1) is 0 Å². The van der Waals surface area contributed by atoms with Gasteiger partial charge in [0.1, 0.15) is 11.6 Å². The van der Waals surface area contributed by atoms with E-state index in [4.69, 9.17) is 9.72 Å². The second kappa shape index (κ2) is 9.61. The Hall–Kier alpha value is -3.05. The molecule has 2 N–H and O–H groups in total. The second-order valence-electron chi connectivity index (χ2n) is 8.77. The van der Waals surface area contributed by atoms with Crippen molar-refractivity contribution in [3.63, 3.8) is 0 Å². The summed E-state index contributed by atoms with van der Waals surface area (Å²) in [6.07, 6.45) is 5.88. The predicted octanol–water partition coefficient (Wildman–Crippen LogP) is 5.60. The normalized spacial score (nSPS) is 14.4. The molecule has 1 aliphatic heterocycles. The zero-order valence-electron chi connectivity index (χ0n) is 18.9. The van der Waals surface area contributed by atoms with Crippen LogP contribution in [-0.2, 0) is 6.42 Å². The maximum Gasteiger partial charge on any atom is 0.136 e. The molecular weight excluding hydrogens is 396 g/mol. The van der Waals surface area contributed by atoms with Gasteiger partial charge in [-0.25, -0.2) is 4.98 Å². The Morgan fingerprint density at radius 3 is 2.75 bits per heavy atom. The number of likely N-dealkylation sites (tertiary alicyclic amines) is 1. The van der Waals surface area contributed by atoms with Crippen molar-refractivity contribution in [2.75, 3.05) is 38.6 Å². The minimum absolute atomic E-state index is 0.770. The van der Waals surface area contributed by atoms with E-state index in [2.05, 4.69) is 57.7 Å². The number of pyridine rings is 1. The molecule has 4 aromatic rings. The van der Waals surface area contributed by atoms with Gasteiger partial charge in [0, 0.05) is 34.9 Å². The van der Waals surface area contributed by atoms with Crippen LogP contribution >= 0.6 is 0 Å². The SMILES string of the molecule is COc1cccc(Cc2cc3[nH]c4ccccc4c3c(NCCCCN3CCCC3)n2)c1. The Morgan fingerprint density at radius 1 is 1.00 bits per heavy atom. The highest BCUT2D eigenvalue weighted by Gasteiger charge is 2.13. The van der Waals surface area contributed by atoms with E-state index in [1.165, 1.54) is 55.2 Å². The molecule has 3 heterocycles. The lowest BCUT2D eigenvalue weighted by molar-refractivity contribution is 0.331. The van der Waals surface area contributed by atoms with Crippen molar-refractivity contribution in [2.24, 2.45) is 0 Å². The molecule has 5 heteroatoms. The van der Waals surface area contributed by atoms with Gasteiger partial charge in [-0.1, -0.05) is 30.3 Å². The summed E-state index contributed by atoms with van der Waals surface area (Å²) < 4.78 is 5.40. The van der Waals surface area contributed by atoms with Crippen LogP contribution in [-0.4, -0.2) is 48.2 Å². The number of anilines is 1. The molecule has 1 saturated heterocycles. The van der Waals surface area contributed by atoms with Gasteiger partial charge in [-0.2, -0.15) is 0 Å². The fourth-order valence-electron chi connectivity index (χ4n) is 4.81. The number of nitrogens with zero attached hydrogens (tertiary/aromatic N) is 2. The van der Waals surface area contributed by atoms with Crippen LogP contribution < -0.4 is 10.1 Å². The Kier molecular flexibility index (Phi) is 6.26. The number of aromatic nitrogens is 2. The largest absolute Gasteiger partial charge is 0.497 e. The molecule has 0 aliphatic carbocycles. The lowest BCUT2D eigenvalue weighted by Crippen LogP contribution is -2.21. The molecule has 32 heavy (non-hydrogen) atoms. The minimum Gasteiger partial charge on any atom is -0.497 e. The van der Waals surface area contributed by atoms with E-state index in [1.807, 2.05) is 12.1 Å². The second-order valence-corrected chi connectivity index (χ2v) is 8.77. The Bertz CT molecular complexity index is 1190. The van der Waals surface area contributed by atoms with Gasteiger partial charge in [0.25, 0.3) is 0 Å². The van der Waals surface area contributed by atoms with Gasteiger partial charge < -0.3 is 19.9 Å². The Morgan fingerprint density at radius 2 is 1.88 bits per heavy atom. The van der Waals surface area contributed by atoms with E-state index in [0.29, 0.717) is 0 Å². The lowest BCUT2D eigenvalue weighted by Gasteiger charge is -2.14. The number of H-pyrrole nitrogens is 1. The summed E-state index contributed by atoms with van der Waals surface area (Å²) in [6, 6.07) is 18.9. The molecule has 0 atom stereocenters. The van der Waals surface area contributed by atoms with Crippen LogP contribution in [0.4, 0.5) is 5.82 Å². The summed E-state index contributed by atoms with van der Waals surface area (Å²) in [7, 11) is 1.71. The predicted molar refractivity (Wildman–Crippen MR) is 133 cm³/mol. The summed E-state index contributed by atoms with van der Waals surface area (Å²) in [5.41, 5.74) is 4.54. The number of unbranched alkanes of at least 4 members (excludes halogenated alkanes) is 1. The van der Waals surface area contributed by atoms with Crippen molar-refractivity contribution >= 4 is 27.6 Å². The van der Waals surface area contributed by atoms with E-state index in [0.717, 1.165) is 47.7 Å². The smallest absolute Gasteiger partial charge is 0.136 e. The molecule has 0 saturated carbocycles. The van der Waals surface area contributed by atoms with Crippen molar-refractivity contribution in [3.8, 4) is 5.75 Å². The molecule has 5 rings (SSSR count). The van der Waals surface area contributed by atoms with Crippen molar-refractivity contribution in [1.29, 1.82) is 0 Å². The van der Waals surface area contributed by atoms with Crippen LogP contribution in [0.2, 0.25) is 0 Å². The molecule has 0 amide bonds. The average Bonchev–Trinajstić information content (AvgIpc) is 3.46. The summed E-state index contributed by atoms with van der Waals surface area (Å²) in [5, 5.41) is 6.08. The van der Waals surface area contributed by atoms with Gasteiger partial charge >= 0.3 is 0 Å². The van der Waals surface area contributed by atoms with Crippen LogP contribution in [0.3, 0.4) is 0 Å². The van der Waals surface area contributed by atoms with E-state index < -0.39 is 0 Å². The Balaban J connectivity index is 1.38. The lowest BCUT2D eigenvalue weighted by atomic mass is 10.1. The molecule has 2 aromatic heterocycles. The fraction of sp³-hybridized carbons (Fsp3) is 0.370. The summed E-state index contributed by atoms with van der Waals surface area (Å²) >= 11 is 0. The minimum atomic E-state index is 0.770. The summed E-state index contributed by atoms with van der Waals surface area (Å²) in [5.74, 6) is 1.87. The number of hydrogen-bond acceptors (Lipinski definition) is 4. The molecule has 0 bridgehead atoms. The van der Waals surface area contributed by atoms with Gasteiger partial charge in [-0.15, -0.1) is 0 Å². The number of methoxy groups -OCH3 is 1. The maximum absolute atomic E-state index is 5.40. The first-order valence-corrected chi connectivity index (χ1v) is 11.8. The summed E-state index contributed by atoms with van der Waals surface area (Å²) in [6.45, 7) is 4.71. The third-order valence-electron chi connectivity index (χ3n) is 6.45. The highest BCUT2D eigenvalue weighted by Crippen LogP contribution is 2.31. The molecule has 0 radical (unpaired) electrons.